The summed E-state index contributed by atoms with van der Waals surface area (Å²) < 4.78 is 29.2. The van der Waals surface area contributed by atoms with Crippen LogP contribution >= 0.6 is 15.9 Å². The van der Waals surface area contributed by atoms with Gasteiger partial charge in [0.25, 0.3) is 10.0 Å². The Morgan fingerprint density at radius 1 is 0.943 bits per heavy atom. The Bertz CT molecular complexity index is 1260. The van der Waals surface area contributed by atoms with Gasteiger partial charge in [-0.25, -0.2) is 8.42 Å². The van der Waals surface area contributed by atoms with Gasteiger partial charge in [-0.2, -0.15) is 0 Å². The molecule has 3 rings (SSSR count). The molecule has 0 aliphatic rings. The predicted octanol–water partition coefficient (Wildman–Crippen LogP) is 4.12. The Hall–Kier alpha value is -3.17. The molecule has 35 heavy (non-hydrogen) atoms. The zero-order valence-electron chi connectivity index (χ0n) is 19.8. The first-order valence-corrected chi connectivity index (χ1v) is 13.3. The number of sulfonamides is 1. The molecule has 7 nitrogen and oxygen atoms in total. The van der Waals surface area contributed by atoms with E-state index in [4.69, 9.17) is 0 Å². The Balaban J connectivity index is 2.00. The van der Waals surface area contributed by atoms with Gasteiger partial charge in [-0.05, 0) is 55.8 Å². The molecule has 0 saturated heterocycles. The number of hydrogen-bond acceptors (Lipinski definition) is 4. The van der Waals surface area contributed by atoms with Gasteiger partial charge < -0.3 is 10.2 Å². The summed E-state index contributed by atoms with van der Waals surface area (Å²) in [5.41, 5.74) is 2.14. The lowest BCUT2D eigenvalue weighted by molar-refractivity contribution is -0.139. The monoisotopic (exact) mass is 557 g/mol. The van der Waals surface area contributed by atoms with Crippen LogP contribution in [0.25, 0.3) is 0 Å². The quantitative estimate of drug-likeness (QED) is 0.428. The van der Waals surface area contributed by atoms with Crippen LogP contribution in [-0.2, 0) is 26.2 Å². The summed E-state index contributed by atoms with van der Waals surface area (Å²) in [6.45, 7) is 3.21. The van der Waals surface area contributed by atoms with Crippen LogP contribution in [0.1, 0.15) is 18.1 Å². The van der Waals surface area contributed by atoms with Gasteiger partial charge in [0, 0.05) is 18.1 Å². The molecule has 0 fully saturated rings. The van der Waals surface area contributed by atoms with Crippen molar-refractivity contribution in [2.24, 2.45) is 0 Å². The van der Waals surface area contributed by atoms with Gasteiger partial charge in [-0.15, -0.1) is 0 Å². The summed E-state index contributed by atoms with van der Waals surface area (Å²) in [6, 6.07) is 21.5. The van der Waals surface area contributed by atoms with Crippen molar-refractivity contribution in [1.82, 2.24) is 10.2 Å². The molecule has 0 bridgehead atoms. The highest BCUT2D eigenvalue weighted by atomic mass is 79.9. The van der Waals surface area contributed by atoms with Crippen molar-refractivity contribution in [3.63, 3.8) is 0 Å². The fourth-order valence-corrected chi connectivity index (χ4v) is 5.24. The van der Waals surface area contributed by atoms with E-state index in [0.717, 1.165) is 19.9 Å². The van der Waals surface area contributed by atoms with E-state index in [0.29, 0.717) is 5.69 Å². The van der Waals surface area contributed by atoms with Gasteiger partial charge in [-0.3, -0.25) is 13.9 Å². The number of rotatable bonds is 9. The van der Waals surface area contributed by atoms with E-state index in [9.17, 15) is 18.0 Å². The summed E-state index contributed by atoms with van der Waals surface area (Å²) in [6.07, 6.45) is 0. The number of hydrogen-bond donors (Lipinski definition) is 1. The maximum Gasteiger partial charge on any atom is 0.264 e. The van der Waals surface area contributed by atoms with Gasteiger partial charge in [-0.1, -0.05) is 64.0 Å². The van der Waals surface area contributed by atoms with Crippen molar-refractivity contribution in [1.29, 1.82) is 0 Å². The lowest BCUT2D eigenvalue weighted by Gasteiger charge is -2.31. The van der Waals surface area contributed by atoms with E-state index < -0.39 is 28.5 Å². The fourth-order valence-electron chi connectivity index (χ4n) is 3.54. The lowest BCUT2D eigenvalue weighted by atomic mass is 10.1. The smallest absolute Gasteiger partial charge is 0.264 e. The molecular weight excluding hydrogens is 530 g/mol. The molecule has 0 aromatic heterocycles. The molecule has 2 amide bonds. The van der Waals surface area contributed by atoms with Crippen molar-refractivity contribution < 1.29 is 18.0 Å². The Morgan fingerprint density at radius 3 is 2.11 bits per heavy atom. The maximum atomic E-state index is 13.6. The first-order chi connectivity index (χ1) is 16.6. The largest absolute Gasteiger partial charge is 0.357 e. The van der Waals surface area contributed by atoms with Crippen molar-refractivity contribution in [3.8, 4) is 0 Å². The molecule has 3 aromatic carbocycles. The number of carbonyl (C=O) groups excluding carboxylic acids is 2. The molecule has 0 aliphatic heterocycles. The standard InChI is InChI=1S/C26H28BrN3O4S/c1-19-9-15-23(16-10-19)30(35(33,34)24-7-5-4-6-8-24)18-25(31)29(20(2)26(32)28-3)17-21-11-13-22(27)14-12-21/h4-16,20H,17-18H2,1-3H3,(H,28,32)/t20-/m1/s1. The topological polar surface area (TPSA) is 86.8 Å². The summed E-state index contributed by atoms with van der Waals surface area (Å²) in [4.78, 5) is 27.6. The van der Waals surface area contributed by atoms with Crippen molar-refractivity contribution in [3.05, 3.63) is 94.5 Å². The van der Waals surface area contributed by atoms with Crippen molar-refractivity contribution >= 4 is 43.5 Å². The zero-order chi connectivity index (χ0) is 25.6. The molecule has 9 heteroatoms. The third-order valence-electron chi connectivity index (χ3n) is 5.61. The molecule has 0 heterocycles. The van der Waals surface area contributed by atoms with Gasteiger partial charge in [0.2, 0.25) is 11.8 Å². The number of anilines is 1. The summed E-state index contributed by atoms with van der Waals surface area (Å²) in [5.74, 6) is -0.840. The second-order valence-electron chi connectivity index (χ2n) is 8.10. The molecule has 0 unspecified atom stereocenters. The van der Waals surface area contributed by atoms with Crippen LogP contribution in [0.2, 0.25) is 0 Å². The van der Waals surface area contributed by atoms with Crippen LogP contribution in [0.15, 0.2) is 88.2 Å². The van der Waals surface area contributed by atoms with Crippen LogP contribution in [0.3, 0.4) is 0 Å². The first-order valence-electron chi connectivity index (χ1n) is 11.0. The SMILES string of the molecule is CNC(=O)[C@@H](C)N(Cc1ccc(Br)cc1)C(=O)CN(c1ccc(C)cc1)S(=O)(=O)c1ccccc1. The number of nitrogens with zero attached hydrogens (tertiary/aromatic N) is 2. The number of benzene rings is 3. The number of halogens is 1. The number of amides is 2. The predicted molar refractivity (Wildman–Crippen MR) is 140 cm³/mol. The van der Waals surface area contributed by atoms with Gasteiger partial charge >= 0.3 is 0 Å². The molecule has 0 saturated carbocycles. The van der Waals surface area contributed by atoms with Crippen LogP contribution in [0.5, 0.6) is 0 Å². The normalized spacial score (nSPS) is 12.0. The molecule has 1 atom stereocenters. The second-order valence-corrected chi connectivity index (χ2v) is 10.9. The summed E-state index contributed by atoms with van der Waals surface area (Å²) >= 11 is 3.39. The van der Waals surface area contributed by atoms with Crippen LogP contribution < -0.4 is 9.62 Å². The van der Waals surface area contributed by atoms with Crippen molar-refractivity contribution in [2.45, 2.75) is 31.3 Å². The number of likely N-dealkylation sites (N-methyl/N-ethyl adjacent to an activating group) is 1. The van der Waals surface area contributed by atoms with Gasteiger partial charge in [0.1, 0.15) is 12.6 Å². The third-order valence-corrected chi connectivity index (χ3v) is 7.93. The van der Waals surface area contributed by atoms with E-state index in [1.165, 1.54) is 24.1 Å². The zero-order valence-corrected chi connectivity index (χ0v) is 22.2. The third kappa shape index (κ3) is 6.49. The highest BCUT2D eigenvalue weighted by Crippen LogP contribution is 2.25. The molecule has 184 valence electrons. The number of nitrogens with one attached hydrogen (secondary N) is 1. The minimum Gasteiger partial charge on any atom is -0.357 e. The van der Waals surface area contributed by atoms with Crippen LogP contribution in [-0.4, -0.2) is 44.8 Å². The number of aryl methyl sites for hydroxylation is 1. The van der Waals surface area contributed by atoms with E-state index in [1.54, 1.807) is 49.4 Å². The Morgan fingerprint density at radius 2 is 1.54 bits per heavy atom. The number of carbonyl (C=O) groups is 2. The highest BCUT2D eigenvalue weighted by molar-refractivity contribution is 9.10. The molecule has 0 aliphatic carbocycles. The fraction of sp³-hybridized carbons (Fsp3) is 0.231. The molecular formula is C26H28BrN3O4S. The van der Waals surface area contributed by atoms with E-state index in [2.05, 4.69) is 21.2 Å². The summed E-state index contributed by atoms with van der Waals surface area (Å²) in [7, 11) is -2.55. The van der Waals surface area contributed by atoms with E-state index >= 15 is 0 Å². The molecule has 0 spiro atoms. The Labute approximate surface area is 214 Å². The van der Waals surface area contributed by atoms with E-state index in [-0.39, 0.29) is 17.3 Å². The minimum absolute atomic E-state index is 0.0761. The first kappa shape index (κ1) is 26.4. The highest BCUT2D eigenvalue weighted by Gasteiger charge is 2.32. The van der Waals surface area contributed by atoms with Gasteiger partial charge in [0.15, 0.2) is 0 Å². The molecule has 1 N–H and O–H groups in total. The average Bonchev–Trinajstić information content (AvgIpc) is 2.87. The van der Waals surface area contributed by atoms with Crippen LogP contribution in [0.4, 0.5) is 5.69 Å². The molecule has 3 aromatic rings. The Kier molecular flexibility index (Phi) is 8.69. The molecule has 0 radical (unpaired) electrons. The lowest BCUT2D eigenvalue weighted by Crippen LogP contribution is -2.50. The summed E-state index contributed by atoms with van der Waals surface area (Å²) in [5, 5.41) is 2.57. The van der Waals surface area contributed by atoms with Crippen molar-refractivity contribution in [2.75, 3.05) is 17.9 Å². The minimum atomic E-state index is -4.05. The van der Waals surface area contributed by atoms with Gasteiger partial charge in [0.05, 0.1) is 10.6 Å². The maximum absolute atomic E-state index is 13.6. The van der Waals surface area contributed by atoms with Crippen LogP contribution in [0, 0.1) is 6.92 Å². The van der Waals surface area contributed by atoms with E-state index in [1.807, 2.05) is 31.2 Å². The average molecular weight is 558 g/mol. The second kappa shape index (κ2) is 11.5.